The van der Waals surface area contributed by atoms with E-state index in [4.69, 9.17) is 5.84 Å². The highest BCUT2D eigenvalue weighted by atomic mass is 32.2. The minimum Gasteiger partial charge on any atom is -0.323 e. The Kier molecular flexibility index (Phi) is 3.91. The lowest BCUT2D eigenvalue weighted by atomic mass is 10.2. The van der Waals surface area contributed by atoms with Crippen LogP contribution in [0.1, 0.15) is 5.56 Å². The summed E-state index contributed by atoms with van der Waals surface area (Å²) in [6.07, 6.45) is 0. The zero-order valence-electron chi connectivity index (χ0n) is 10.7. The molecule has 0 radical (unpaired) electrons. The van der Waals surface area contributed by atoms with Gasteiger partial charge < -0.3 is 5.43 Å². The zero-order chi connectivity index (χ0) is 14.8. The smallest absolute Gasteiger partial charge is 0.264 e. The van der Waals surface area contributed by atoms with Crippen molar-refractivity contribution in [1.82, 2.24) is 0 Å². The van der Waals surface area contributed by atoms with Crippen LogP contribution in [0.15, 0.2) is 47.4 Å². The number of aryl methyl sites for hydroxylation is 1. The van der Waals surface area contributed by atoms with Crippen molar-refractivity contribution in [3.63, 3.8) is 0 Å². The highest BCUT2D eigenvalue weighted by Crippen LogP contribution is 2.23. The first-order valence-electron chi connectivity index (χ1n) is 5.78. The van der Waals surface area contributed by atoms with Gasteiger partial charge in [-0.25, -0.2) is 12.8 Å². The average Bonchev–Trinajstić information content (AvgIpc) is 2.36. The minimum atomic E-state index is -3.85. The number of para-hydroxylation sites is 1. The van der Waals surface area contributed by atoms with E-state index in [9.17, 15) is 12.8 Å². The Hall–Kier alpha value is -2.12. The van der Waals surface area contributed by atoms with Gasteiger partial charge in [-0.2, -0.15) is 0 Å². The molecule has 0 aliphatic carbocycles. The molecule has 0 bridgehead atoms. The van der Waals surface area contributed by atoms with Gasteiger partial charge in [-0.05, 0) is 42.8 Å². The molecule has 0 saturated carbocycles. The van der Waals surface area contributed by atoms with Crippen LogP contribution >= 0.6 is 0 Å². The SMILES string of the molecule is Cc1cc(F)cc(NS(=O)(=O)c2ccccc2NN)c1. The van der Waals surface area contributed by atoms with Gasteiger partial charge in [0.15, 0.2) is 0 Å². The fourth-order valence-corrected chi connectivity index (χ4v) is 3.04. The Labute approximate surface area is 116 Å². The zero-order valence-corrected chi connectivity index (χ0v) is 11.5. The fourth-order valence-electron chi connectivity index (χ4n) is 1.83. The Bertz CT molecular complexity index is 712. The second kappa shape index (κ2) is 5.48. The molecule has 20 heavy (non-hydrogen) atoms. The highest BCUT2D eigenvalue weighted by Gasteiger charge is 2.18. The van der Waals surface area contributed by atoms with Crippen molar-refractivity contribution in [3.8, 4) is 0 Å². The summed E-state index contributed by atoms with van der Waals surface area (Å²) in [5, 5.41) is 0. The molecular formula is C13H14FN3O2S. The molecule has 0 aromatic heterocycles. The van der Waals surface area contributed by atoms with Gasteiger partial charge in [-0.1, -0.05) is 12.1 Å². The molecule has 2 aromatic rings. The van der Waals surface area contributed by atoms with Gasteiger partial charge in [-0.15, -0.1) is 0 Å². The number of halogens is 1. The predicted molar refractivity (Wildman–Crippen MR) is 76.2 cm³/mol. The maximum atomic E-state index is 13.3. The molecule has 0 saturated heterocycles. The number of hydrogen-bond acceptors (Lipinski definition) is 4. The summed E-state index contributed by atoms with van der Waals surface area (Å²) in [6, 6.07) is 10.1. The van der Waals surface area contributed by atoms with Crippen LogP contribution in [0.4, 0.5) is 15.8 Å². The van der Waals surface area contributed by atoms with E-state index in [-0.39, 0.29) is 16.3 Å². The van der Waals surface area contributed by atoms with Crippen LogP contribution in [0, 0.1) is 12.7 Å². The van der Waals surface area contributed by atoms with Crippen LogP contribution in [0.5, 0.6) is 0 Å². The molecule has 0 aliphatic heterocycles. The monoisotopic (exact) mass is 295 g/mol. The number of nitrogens with one attached hydrogen (secondary N) is 2. The molecule has 0 atom stereocenters. The van der Waals surface area contributed by atoms with Crippen LogP contribution in [0.25, 0.3) is 0 Å². The van der Waals surface area contributed by atoms with E-state index >= 15 is 0 Å². The molecule has 0 amide bonds. The van der Waals surface area contributed by atoms with E-state index in [1.54, 1.807) is 25.1 Å². The van der Waals surface area contributed by atoms with E-state index in [1.165, 1.54) is 18.2 Å². The molecule has 106 valence electrons. The Balaban J connectivity index is 2.41. The fraction of sp³-hybridized carbons (Fsp3) is 0.0769. The van der Waals surface area contributed by atoms with E-state index in [0.29, 0.717) is 5.56 Å². The number of rotatable bonds is 4. The molecular weight excluding hydrogens is 281 g/mol. The lowest BCUT2D eigenvalue weighted by Crippen LogP contribution is -2.17. The van der Waals surface area contributed by atoms with E-state index in [0.717, 1.165) is 6.07 Å². The molecule has 2 rings (SSSR count). The van der Waals surface area contributed by atoms with Gasteiger partial charge in [0.25, 0.3) is 10.0 Å². The summed E-state index contributed by atoms with van der Waals surface area (Å²) >= 11 is 0. The summed E-state index contributed by atoms with van der Waals surface area (Å²) in [5.41, 5.74) is 3.35. The highest BCUT2D eigenvalue weighted by molar-refractivity contribution is 7.92. The van der Waals surface area contributed by atoms with Crippen molar-refractivity contribution in [2.75, 3.05) is 10.1 Å². The van der Waals surface area contributed by atoms with Gasteiger partial charge in [0.05, 0.1) is 11.4 Å². The van der Waals surface area contributed by atoms with Crippen LogP contribution in [-0.4, -0.2) is 8.42 Å². The minimum absolute atomic E-state index is 0.00980. The second-order valence-electron chi connectivity index (χ2n) is 4.26. The van der Waals surface area contributed by atoms with Crippen molar-refractivity contribution in [3.05, 3.63) is 53.8 Å². The van der Waals surface area contributed by atoms with Crippen LogP contribution in [0.3, 0.4) is 0 Å². The van der Waals surface area contributed by atoms with Crippen LogP contribution in [0.2, 0.25) is 0 Å². The summed E-state index contributed by atoms with van der Waals surface area (Å²) in [6.45, 7) is 1.68. The van der Waals surface area contributed by atoms with E-state index in [1.807, 2.05) is 0 Å². The maximum Gasteiger partial charge on any atom is 0.264 e. The number of benzene rings is 2. The molecule has 4 N–H and O–H groups in total. The maximum absolute atomic E-state index is 13.3. The Morgan fingerprint density at radius 3 is 2.50 bits per heavy atom. The van der Waals surface area contributed by atoms with Gasteiger partial charge in [0.2, 0.25) is 0 Å². The second-order valence-corrected chi connectivity index (χ2v) is 5.91. The van der Waals surface area contributed by atoms with E-state index in [2.05, 4.69) is 10.1 Å². The summed E-state index contributed by atoms with van der Waals surface area (Å²) in [5.74, 6) is 4.78. The van der Waals surface area contributed by atoms with Crippen LogP contribution < -0.4 is 16.0 Å². The summed E-state index contributed by atoms with van der Waals surface area (Å²) in [7, 11) is -3.85. The lowest BCUT2D eigenvalue weighted by Gasteiger charge is -2.12. The van der Waals surface area contributed by atoms with Crippen molar-refractivity contribution in [2.45, 2.75) is 11.8 Å². The largest absolute Gasteiger partial charge is 0.323 e. The Morgan fingerprint density at radius 2 is 1.85 bits per heavy atom. The van der Waals surface area contributed by atoms with Crippen LogP contribution in [-0.2, 0) is 10.0 Å². The number of nitrogens with two attached hydrogens (primary N) is 1. The van der Waals surface area contributed by atoms with E-state index < -0.39 is 15.8 Å². The first-order valence-corrected chi connectivity index (χ1v) is 7.26. The molecule has 2 aromatic carbocycles. The molecule has 0 heterocycles. The number of nitrogen functional groups attached to an aromatic ring is 1. The third-order valence-corrected chi connectivity index (χ3v) is 4.07. The molecule has 0 spiro atoms. The number of hydrazine groups is 1. The molecule has 5 nitrogen and oxygen atoms in total. The van der Waals surface area contributed by atoms with Gasteiger partial charge >= 0.3 is 0 Å². The van der Waals surface area contributed by atoms with Crippen molar-refractivity contribution in [2.24, 2.45) is 5.84 Å². The lowest BCUT2D eigenvalue weighted by molar-refractivity contribution is 0.601. The quantitative estimate of drug-likeness (QED) is 0.596. The standard InChI is InChI=1S/C13H14FN3O2S/c1-9-6-10(14)8-11(7-9)17-20(18,19)13-5-3-2-4-12(13)16-15/h2-8,16-17H,15H2,1H3. The van der Waals surface area contributed by atoms with Gasteiger partial charge in [0, 0.05) is 0 Å². The first-order chi connectivity index (χ1) is 9.42. The molecule has 0 aliphatic rings. The van der Waals surface area contributed by atoms with Crippen molar-refractivity contribution in [1.29, 1.82) is 0 Å². The predicted octanol–water partition coefficient (Wildman–Crippen LogP) is 2.22. The third kappa shape index (κ3) is 3.06. The first kappa shape index (κ1) is 14.3. The molecule has 7 heteroatoms. The van der Waals surface area contributed by atoms with Crippen molar-refractivity contribution < 1.29 is 12.8 Å². The third-order valence-electron chi connectivity index (χ3n) is 2.63. The average molecular weight is 295 g/mol. The van der Waals surface area contributed by atoms with Gasteiger partial charge in [-0.3, -0.25) is 10.6 Å². The summed E-state index contributed by atoms with van der Waals surface area (Å²) in [4.78, 5) is -0.00980. The molecule has 0 fully saturated rings. The number of anilines is 2. The number of hydrogen-bond donors (Lipinski definition) is 3. The van der Waals surface area contributed by atoms with Gasteiger partial charge in [0.1, 0.15) is 10.7 Å². The topological polar surface area (TPSA) is 84.2 Å². The number of sulfonamides is 1. The Morgan fingerprint density at radius 1 is 1.15 bits per heavy atom. The summed E-state index contributed by atoms with van der Waals surface area (Å²) < 4.78 is 40.2. The normalized spacial score (nSPS) is 11.2. The molecule has 0 unspecified atom stereocenters. The van der Waals surface area contributed by atoms with Crippen molar-refractivity contribution >= 4 is 21.4 Å².